The third-order valence-electron chi connectivity index (χ3n) is 3.37. The van der Waals surface area contributed by atoms with Gasteiger partial charge in [-0.2, -0.15) is 0 Å². The summed E-state index contributed by atoms with van der Waals surface area (Å²) in [4.78, 5) is 22.6. The van der Waals surface area contributed by atoms with Crippen LogP contribution in [0.3, 0.4) is 0 Å². The molecule has 0 aliphatic carbocycles. The Balaban J connectivity index is 1.73. The largest absolute Gasteiger partial charge is 0.342 e. The molecule has 1 unspecified atom stereocenters. The van der Waals surface area contributed by atoms with Crippen LogP contribution in [0, 0.1) is 6.92 Å². The van der Waals surface area contributed by atoms with Gasteiger partial charge in [-0.15, -0.1) is 0 Å². The van der Waals surface area contributed by atoms with Gasteiger partial charge in [0.1, 0.15) is 6.04 Å². The highest BCUT2D eigenvalue weighted by Gasteiger charge is 2.32. The first kappa shape index (κ1) is 12.6. The minimum atomic E-state index is -0.253. The molecular formula is C15H16N4O. The summed E-state index contributed by atoms with van der Waals surface area (Å²) in [5.41, 5.74) is 1.82. The summed E-state index contributed by atoms with van der Waals surface area (Å²) in [6.07, 6.45) is 2.45. The zero-order valence-corrected chi connectivity index (χ0v) is 11.3. The zero-order valence-electron chi connectivity index (χ0n) is 11.3. The van der Waals surface area contributed by atoms with Crippen molar-refractivity contribution in [2.75, 3.05) is 16.8 Å². The number of nitrogens with zero attached hydrogens (tertiary/aromatic N) is 3. The van der Waals surface area contributed by atoms with Gasteiger partial charge >= 0.3 is 0 Å². The maximum absolute atomic E-state index is 12.4. The minimum absolute atomic E-state index is 0.0707. The first-order valence-corrected chi connectivity index (χ1v) is 6.66. The van der Waals surface area contributed by atoms with E-state index in [0.29, 0.717) is 12.5 Å². The Kier molecular flexibility index (Phi) is 3.33. The van der Waals surface area contributed by atoms with Crippen LogP contribution in [0.1, 0.15) is 12.1 Å². The minimum Gasteiger partial charge on any atom is -0.342 e. The second-order valence-electron chi connectivity index (χ2n) is 4.83. The van der Waals surface area contributed by atoms with Crippen molar-refractivity contribution in [2.24, 2.45) is 0 Å². The number of aryl methyl sites for hydroxylation is 1. The average Bonchev–Trinajstić information content (AvgIpc) is 2.81. The van der Waals surface area contributed by atoms with Gasteiger partial charge in [0.25, 0.3) is 0 Å². The summed E-state index contributed by atoms with van der Waals surface area (Å²) in [6.45, 7) is 2.62. The van der Waals surface area contributed by atoms with Gasteiger partial charge in [-0.3, -0.25) is 4.79 Å². The van der Waals surface area contributed by atoms with Crippen LogP contribution in [-0.4, -0.2) is 28.5 Å². The standard InChI is InChI=1S/C15H16N4O/c1-11-7-9-16-15(17-11)18-13-8-10-19(14(13)20)12-5-3-2-4-6-12/h2-7,9,13H,8,10H2,1H3,(H,16,17,18). The van der Waals surface area contributed by atoms with Crippen LogP contribution >= 0.6 is 0 Å². The second kappa shape index (κ2) is 5.28. The molecule has 1 aliphatic rings. The van der Waals surface area contributed by atoms with Gasteiger partial charge in [-0.25, -0.2) is 9.97 Å². The lowest BCUT2D eigenvalue weighted by molar-refractivity contribution is -0.117. The molecule has 0 radical (unpaired) electrons. The third-order valence-corrected chi connectivity index (χ3v) is 3.37. The van der Waals surface area contributed by atoms with Gasteiger partial charge in [0.05, 0.1) is 0 Å². The van der Waals surface area contributed by atoms with E-state index in [1.54, 1.807) is 11.1 Å². The van der Waals surface area contributed by atoms with Gasteiger partial charge in [-0.05, 0) is 31.5 Å². The molecule has 102 valence electrons. The highest BCUT2D eigenvalue weighted by molar-refractivity contribution is 6.00. The van der Waals surface area contributed by atoms with E-state index >= 15 is 0 Å². The van der Waals surface area contributed by atoms with E-state index in [1.165, 1.54) is 0 Å². The zero-order chi connectivity index (χ0) is 13.9. The summed E-state index contributed by atoms with van der Waals surface area (Å²) < 4.78 is 0. The number of amides is 1. The number of carbonyl (C=O) groups excluding carboxylic acids is 1. The fourth-order valence-corrected chi connectivity index (χ4v) is 2.35. The van der Waals surface area contributed by atoms with Crippen LogP contribution in [0.15, 0.2) is 42.6 Å². The number of carbonyl (C=O) groups is 1. The van der Waals surface area contributed by atoms with Crippen LogP contribution in [0.4, 0.5) is 11.6 Å². The molecule has 5 heteroatoms. The smallest absolute Gasteiger partial charge is 0.249 e. The molecule has 1 saturated heterocycles. The lowest BCUT2D eigenvalue weighted by Gasteiger charge is -2.17. The first-order valence-electron chi connectivity index (χ1n) is 6.66. The van der Waals surface area contributed by atoms with Gasteiger partial charge < -0.3 is 10.2 Å². The van der Waals surface area contributed by atoms with Crippen molar-refractivity contribution in [2.45, 2.75) is 19.4 Å². The Morgan fingerprint density at radius 1 is 1.25 bits per heavy atom. The molecule has 1 fully saturated rings. The van der Waals surface area contributed by atoms with E-state index in [-0.39, 0.29) is 11.9 Å². The van der Waals surface area contributed by atoms with Crippen LogP contribution in [0.5, 0.6) is 0 Å². The van der Waals surface area contributed by atoms with E-state index in [4.69, 9.17) is 0 Å². The quantitative estimate of drug-likeness (QED) is 0.925. The van der Waals surface area contributed by atoms with Gasteiger partial charge in [0.2, 0.25) is 11.9 Å². The molecular weight excluding hydrogens is 252 g/mol. The number of benzene rings is 1. The third kappa shape index (κ3) is 2.47. The predicted octanol–water partition coefficient (Wildman–Crippen LogP) is 2.00. The van der Waals surface area contributed by atoms with Crippen LogP contribution in [-0.2, 0) is 4.79 Å². The number of anilines is 2. The molecule has 1 aliphatic heterocycles. The van der Waals surface area contributed by atoms with Crippen molar-refractivity contribution in [1.29, 1.82) is 0 Å². The molecule has 5 nitrogen and oxygen atoms in total. The van der Waals surface area contributed by atoms with E-state index in [1.807, 2.05) is 43.3 Å². The fourth-order valence-electron chi connectivity index (χ4n) is 2.35. The maximum Gasteiger partial charge on any atom is 0.249 e. The maximum atomic E-state index is 12.4. The molecule has 1 amide bonds. The fraction of sp³-hybridized carbons (Fsp3) is 0.267. The molecule has 3 rings (SSSR count). The van der Waals surface area contributed by atoms with E-state index in [2.05, 4.69) is 15.3 Å². The Morgan fingerprint density at radius 2 is 2.05 bits per heavy atom. The van der Waals surface area contributed by atoms with Gasteiger partial charge in [0.15, 0.2) is 0 Å². The summed E-state index contributed by atoms with van der Waals surface area (Å²) in [7, 11) is 0. The number of nitrogens with one attached hydrogen (secondary N) is 1. The Hall–Kier alpha value is -2.43. The number of aromatic nitrogens is 2. The molecule has 2 aromatic rings. The average molecular weight is 268 g/mol. The van der Waals surface area contributed by atoms with Crippen molar-refractivity contribution in [1.82, 2.24) is 9.97 Å². The van der Waals surface area contributed by atoms with Gasteiger partial charge in [0, 0.05) is 24.1 Å². The van der Waals surface area contributed by atoms with Gasteiger partial charge in [-0.1, -0.05) is 18.2 Å². The lowest BCUT2D eigenvalue weighted by Crippen LogP contribution is -2.33. The number of rotatable bonds is 3. The second-order valence-corrected chi connectivity index (χ2v) is 4.83. The highest BCUT2D eigenvalue weighted by atomic mass is 16.2. The van der Waals surface area contributed by atoms with Crippen LogP contribution < -0.4 is 10.2 Å². The highest BCUT2D eigenvalue weighted by Crippen LogP contribution is 2.22. The normalized spacial score (nSPS) is 18.4. The molecule has 1 aromatic heterocycles. The van der Waals surface area contributed by atoms with Crippen molar-refractivity contribution in [3.05, 3.63) is 48.3 Å². The summed E-state index contributed by atoms with van der Waals surface area (Å²) in [6, 6.07) is 11.3. The summed E-state index contributed by atoms with van der Waals surface area (Å²) in [5, 5.41) is 3.12. The predicted molar refractivity (Wildman–Crippen MR) is 77.6 cm³/mol. The Bertz CT molecular complexity index is 614. The monoisotopic (exact) mass is 268 g/mol. The topological polar surface area (TPSA) is 58.1 Å². The first-order chi connectivity index (χ1) is 9.74. The SMILES string of the molecule is Cc1ccnc(NC2CCN(c3ccccc3)C2=O)n1. The van der Waals surface area contributed by atoms with Crippen molar-refractivity contribution >= 4 is 17.5 Å². The van der Waals surface area contributed by atoms with Crippen molar-refractivity contribution in [3.63, 3.8) is 0 Å². The number of hydrogen-bond donors (Lipinski definition) is 1. The van der Waals surface area contributed by atoms with Crippen LogP contribution in [0.2, 0.25) is 0 Å². The molecule has 0 bridgehead atoms. The number of para-hydroxylation sites is 1. The van der Waals surface area contributed by atoms with E-state index in [9.17, 15) is 4.79 Å². The molecule has 1 aromatic carbocycles. The van der Waals surface area contributed by atoms with E-state index in [0.717, 1.165) is 17.8 Å². The summed E-state index contributed by atoms with van der Waals surface area (Å²) >= 11 is 0. The van der Waals surface area contributed by atoms with E-state index < -0.39 is 0 Å². The molecule has 0 saturated carbocycles. The number of hydrogen-bond acceptors (Lipinski definition) is 4. The Morgan fingerprint density at radius 3 is 2.80 bits per heavy atom. The molecule has 2 heterocycles. The van der Waals surface area contributed by atoms with Crippen molar-refractivity contribution in [3.8, 4) is 0 Å². The molecule has 1 N–H and O–H groups in total. The molecule has 20 heavy (non-hydrogen) atoms. The van der Waals surface area contributed by atoms with Crippen molar-refractivity contribution < 1.29 is 4.79 Å². The van der Waals surface area contributed by atoms with Crippen LogP contribution in [0.25, 0.3) is 0 Å². The lowest BCUT2D eigenvalue weighted by atomic mass is 10.2. The molecule has 1 atom stereocenters. The summed E-state index contributed by atoms with van der Waals surface area (Å²) in [5.74, 6) is 0.583. The molecule has 0 spiro atoms. The Labute approximate surface area is 117 Å².